The fraction of sp³-hybridized carbons (Fsp3) is 0.400. The summed E-state index contributed by atoms with van der Waals surface area (Å²) in [5.74, 6) is -2.37. The van der Waals surface area contributed by atoms with E-state index < -0.39 is 11.8 Å². The average Bonchev–Trinajstić information content (AvgIpc) is 2.51. The number of rotatable bonds is 2. The number of benzene rings is 1. The van der Waals surface area contributed by atoms with Crippen molar-refractivity contribution >= 4 is 39.3 Å². The van der Waals surface area contributed by atoms with Gasteiger partial charge in [-0.25, -0.2) is 0 Å². The first kappa shape index (κ1) is 16.6. The molecule has 1 fully saturated rings. The number of piperidine rings is 1. The number of nitrogens with one attached hydrogen (secondary N) is 3. The van der Waals surface area contributed by atoms with Crippen LogP contribution in [-0.2, 0) is 14.4 Å². The number of anilines is 1. The molecule has 1 saturated heterocycles. The lowest BCUT2D eigenvalue weighted by atomic mass is 9.97. The van der Waals surface area contributed by atoms with E-state index in [1.165, 1.54) is 0 Å². The molecule has 0 aliphatic carbocycles. The fourth-order valence-corrected chi connectivity index (χ4v) is 2.51. The molecule has 0 spiro atoms. The first-order chi connectivity index (χ1) is 10.5. The molecular weight excluding hydrogens is 350 g/mol. The van der Waals surface area contributed by atoms with Crippen LogP contribution in [0.4, 0.5) is 5.69 Å². The van der Waals surface area contributed by atoms with Crippen LogP contribution in [0.5, 0.6) is 0 Å². The van der Waals surface area contributed by atoms with Crippen molar-refractivity contribution in [2.24, 2.45) is 5.92 Å². The second-order valence-corrected chi connectivity index (χ2v) is 6.12. The van der Waals surface area contributed by atoms with E-state index in [0.717, 1.165) is 23.1 Å². The minimum atomic E-state index is -0.927. The van der Waals surface area contributed by atoms with Crippen molar-refractivity contribution in [3.63, 3.8) is 0 Å². The van der Waals surface area contributed by atoms with Gasteiger partial charge in [0.1, 0.15) is 0 Å². The van der Waals surface area contributed by atoms with E-state index in [1.54, 1.807) is 18.2 Å². The van der Waals surface area contributed by atoms with Gasteiger partial charge in [-0.1, -0.05) is 15.9 Å². The predicted octanol–water partition coefficient (Wildman–Crippen LogP) is 1.34. The van der Waals surface area contributed by atoms with Crippen molar-refractivity contribution in [1.29, 1.82) is 0 Å². The molecule has 1 aliphatic heterocycles. The Morgan fingerprint density at radius 1 is 1.18 bits per heavy atom. The maximum absolute atomic E-state index is 11.9. The number of hydrogen-bond donors (Lipinski definition) is 3. The molecule has 22 heavy (non-hydrogen) atoms. The lowest BCUT2D eigenvalue weighted by Crippen LogP contribution is -2.44. The zero-order chi connectivity index (χ0) is 16.1. The Balaban J connectivity index is 1.89. The number of aryl methyl sites for hydroxylation is 1. The molecule has 3 amide bonds. The molecular formula is C15H18BrN3O3. The Morgan fingerprint density at radius 2 is 1.86 bits per heavy atom. The van der Waals surface area contributed by atoms with Gasteiger partial charge in [0.15, 0.2) is 0 Å². The third kappa shape index (κ3) is 4.38. The molecule has 118 valence electrons. The minimum absolute atomic E-state index is 0.215. The van der Waals surface area contributed by atoms with Gasteiger partial charge in [0.2, 0.25) is 5.91 Å². The smallest absolute Gasteiger partial charge is 0.316 e. The Kier molecular flexibility index (Phi) is 5.68. The topological polar surface area (TPSA) is 87.3 Å². The summed E-state index contributed by atoms with van der Waals surface area (Å²) in [4.78, 5) is 35.5. The molecule has 1 aromatic carbocycles. The van der Waals surface area contributed by atoms with E-state index in [0.29, 0.717) is 18.5 Å². The molecule has 1 heterocycles. The quantitative estimate of drug-likeness (QED) is 0.688. The van der Waals surface area contributed by atoms with Gasteiger partial charge in [-0.3, -0.25) is 19.7 Å². The molecule has 0 atom stereocenters. The highest BCUT2D eigenvalue weighted by Crippen LogP contribution is 2.19. The first-order valence-corrected chi connectivity index (χ1v) is 7.89. The molecule has 0 aromatic heterocycles. The highest BCUT2D eigenvalue weighted by molar-refractivity contribution is 9.10. The first-order valence-electron chi connectivity index (χ1n) is 7.10. The maximum Gasteiger partial charge on any atom is 0.316 e. The van der Waals surface area contributed by atoms with Gasteiger partial charge >= 0.3 is 11.8 Å². The van der Waals surface area contributed by atoms with Crippen LogP contribution in [0.15, 0.2) is 22.7 Å². The largest absolute Gasteiger partial charge is 0.318 e. The number of hydrogen-bond acceptors (Lipinski definition) is 4. The summed E-state index contributed by atoms with van der Waals surface area (Å²) >= 11 is 3.36. The van der Waals surface area contributed by atoms with Crippen LogP contribution >= 0.6 is 15.9 Å². The highest BCUT2D eigenvalue weighted by Gasteiger charge is 2.25. The van der Waals surface area contributed by atoms with E-state index in [2.05, 4.69) is 31.9 Å². The van der Waals surface area contributed by atoms with E-state index in [1.807, 2.05) is 6.92 Å². The van der Waals surface area contributed by atoms with Gasteiger partial charge in [0.25, 0.3) is 0 Å². The summed E-state index contributed by atoms with van der Waals surface area (Å²) < 4.78 is 0.913. The van der Waals surface area contributed by atoms with Crippen LogP contribution in [-0.4, -0.2) is 30.8 Å². The average molecular weight is 368 g/mol. The van der Waals surface area contributed by atoms with Crippen LogP contribution in [0.2, 0.25) is 0 Å². The van der Waals surface area contributed by atoms with Gasteiger partial charge in [0, 0.05) is 16.1 Å². The van der Waals surface area contributed by atoms with Gasteiger partial charge in [-0.2, -0.15) is 0 Å². The summed E-state index contributed by atoms with van der Waals surface area (Å²) in [6, 6.07) is 5.20. The van der Waals surface area contributed by atoms with E-state index in [4.69, 9.17) is 0 Å². The van der Waals surface area contributed by atoms with Crippen LogP contribution in [0.1, 0.15) is 18.4 Å². The van der Waals surface area contributed by atoms with Crippen molar-refractivity contribution in [1.82, 2.24) is 10.6 Å². The lowest BCUT2D eigenvalue weighted by molar-refractivity contribution is -0.141. The van der Waals surface area contributed by atoms with Crippen LogP contribution in [0, 0.1) is 12.8 Å². The van der Waals surface area contributed by atoms with Crippen LogP contribution in [0.3, 0.4) is 0 Å². The third-order valence-electron chi connectivity index (χ3n) is 3.57. The zero-order valence-electron chi connectivity index (χ0n) is 12.2. The Hall–Kier alpha value is -1.73. The monoisotopic (exact) mass is 367 g/mol. The summed E-state index contributed by atoms with van der Waals surface area (Å²) in [5.41, 5.74) is 1.44. The molecule has 2 rings (SSSR count). The number of imide groups is 1. The molecule has 0 bridgehead atoms. The molecule has 6 nitrogen and oxygen atoms in total. The predicted molar refractivity (Wildman–Crippen MR) is 86.3 cm³/mol. The second kappa shape index (κ2) is 7.51. The van der Waals surface area contributed by atoms with Gasteiger partial charge in [-0.15, -0.1) is 0 Å². The fourth-order valence-electron chi connectivity index (χ4n) is 2.27. The minimum Gasteiger partial charge on any atom is -0.318 e. The summed E-state index contributed by atoms with van der Waals surface area (Å²) in [7, 11) is 0. The van der Waals surface area contributed by atoms with Gasteiger partial charge < -0.3 is 10.6 Å². The number of halogens is 1. The van der Waals surface area contributed by atoms with Crippen molar-refractivity contribution in [2.45, 2.75) is 19.8 Å². The Morgan fingerprint density at radius 3 is 2.50 bits per heavy atom. The molecule has 7 heteroatoms. The van der Waals surface area contributed by atoms with Crippen molar-refractivity contribution in [3.8, 4) is 0 Å². The molecule has 0 radical (unpaired) electrons. The molecule has 1 aromatic rings. The van der Waals surface area contributed by atoms with Crippen molar-refractivity contribution in [3.05, 3.63) is 28.2 Å². The molecule has 1 aliphatic rings. The third-order valence-corrected chi connectivity index (χ3v) is 4.46. The molecule has 3 N–H and O–H groups in total. The van der Waals surface area contributed by atoms with Crippen molar-refractivity contribution in [2.75, 3.05) is 18.4 Å². The zero-order valence-corrected chi connectivity index (χ0v) is 13.8. The molecule has 0 unspecified atom stereocenters. The second-order valence-electron chi connectivity index (χ2n) is 5.26. The van der Waals surface area contributed by atoms with Gasteiger partial charge in [0.05, 0.1) is 0 Å². The summed E-state index contributed by atoms with van der Waals surface area (Å²) in [6.45, 7) is 3.37. The maximum atomic E-state index is 11.9. The number of carbonyl (C=O) groups excluding carboxylic acids is 3. The van der Waals surface area contributed by atoms with Crippen LogP contribution < -0.4 is 16.0 Å². The SMILES string of the molecule is Cc1cc(NC(=O)C(=O)NC(=O)C2CCNCC2)ccc1Br. The van der Waals surface area contributed by atoms with Crippen LogP contribution in [0.25, 0.3) is 0 Å². The van der Waals surface area contributed by atoms with E-state index in [9.17, 15) is 14.4 Å². The highest BCUT2D eigenvalue weighted by atomic mass is 79.9. The molecule has 0 saturated carbocycles. The normalized spacial score (nSPS) is 15.2. The Labute approximate surface area is 137 Å². The number of amides is 3. The number of carbonyl (C=O) groups is 3. The van der Waals surface area contributed by atoms with E-state index in [-0.39, 0.29) is 11.8 Å². The summed E-state index contributed by atoms with van der Waals surface area (Å²) in [6.07, 6.45) is 1.35. The van der Waals surface area contributed by atoms with Gasteiger partial charge in [-0.05, 0) is 56.6 Å². The standard InChI is InChI=1S/C15H18BrN3O3/c1-9-8-11(2-3-12(9)16)18-14(21)15(22)19-13(20)10-4-6-17-7-5-10/h2-3,8,10,17H,4-7H2,1H3,(H,18,21)(H,19,20,22). The van der Waals surface area contributed by atoms with E-state index >= 15 is 0 Å². The summed E-state index contributed by atoms with van der Waals surface area (Å²) in [5, 5.41) is 7.79. The Bertz CT molecular complexity index is 598. The lowest BCUT2D eigenvalue weighted by Gasteiger charge is -2.21. The van der Waals surface area contributed by atoms with Crippen molar-refractivity contribution < 1.29 is 14.4 Å².